The molecule has 0 unspecified atom stereocenters. The third kappa shape index (κ3) is 3.43. The molecule has 92 valence electrons. The van der Waals surface area contributed by atoms with Crippen LogP contribution in [0.1, 0.15) is 0 Å². The van der Waals surface area contributed by atoms with E-state index in [4.69, 9.17) is 25.8 Å². The molecule has 0 amide bonds. The Hall–Kier alpha value is -1.10. The average Bonchev–Trinajstić information content (AvgIpc) is 2.76. The number of fused-ring (bicyclic) bond motifs is 1. The minimum absolute atomic E-state index is 0.474. The lowest BCUT2D eigenvalue weighted by Crippen LogP contribution is -2.34. The number of hydrogen-bond acceptors (Lipinski definition) is 4. The predicted octanol–water partition coefficient (Wildman–Crippen LogP) is 1.80. The van der Waals surface area contributed by atoms with E-state index in [1.807, 2.05) is 24.3 Å². The molecule has 0 aliphatic carbocycles. The minimum atomic E-state index is -1.31. The quantitative estimate of drug-likeness (QED) is 0.495. The van der Waals surface area contributed by atoms with Crippen molar-refractivity contribution in [3.8, 4) is 11.5 Å². The van der Waals surface area contributed by atoms with E-state index in [9.17, 15) is 0 Å². The van der Waals surface area contributed by atoms with Crippen LogP contribution in [-0.2, 0) is 4.52 Å². The van der Waals surface area contributed by atoms with Gasteiger partial charge in [0, 0.05) is 13.6 Å². The van der Waals surface area contributed by atoms with Gasteiger partial charge < -0.3 is 19.7 Å². The van der Waals surface area contributed by atoms with Crippen LogP contribution in [0.3, 0.4) is 0 Å². The largest absolute Gasteiger partial charge is 0.463 e. The van der Waals surface area contributed by atoms with Crippen LogP contribution in [0.4, 0.5) is 0 Å². The maximum atomic E-state index is 5.48. The molecular formula is C10H13N2O3PS. The number of thiocarbonyl (C=S) groups is 1. The highest BCUT2D eigenvalue weighted by Crippen LogP contribution is 2.52. The lowest BCUT2D eigenvalue weighted by molar-refractivity contribution is 0.288. The molecule has 1 aliphatic heterocycles. The van der Waals surface area contributed by atoms with Gasteiger partial charge in [0.15, 0.2) is 16.6 Å². The maximum absolute atomic E-state index is 5.48. The Balaban J connectivity index is 1.68. The van der Waals surface area contributed by atoms with Crippen molar-refractivity contribution in [2.24, 2.45) is 0 Å². The fraction of sp³-hybridized carbons (Fsp3) is 0.300. The number of para-hydroxylation sites is 2. The lowest BCUT2D eigenvalue weighted by Gasteiger charge is -2.09. The first-order valence-electron chi connectivity index (χ1n) is 5.13. The van der Waals surface area contributed by atoms with Gasteiger partial charge in [0.25, 0.3) is 0 Å². The van der Waals surface area contributed by atoms with Crippen molar-refractivity contribution in [3.05, 3.63) is 24.3 Å². The van der Waals surface area contributed by atoms with E-state index in [2.05, 4.69) is 10.6 Å². The fourth-order valence-corrected chi connectivity index (χ4v) is 2.31. The van der Waals surface area contributed by atoms with Crippen LogP contribution in [0.2, 0.25) is 0 Å². The van der Waals surface area contributed by atoms with Crippen molar-refractivity contribution in [1.82, 2.24) is 10.6 Å². The predicted molar refractivity (Wildman–Crippen MR) is 70.2 cm³/mol. The van der Waals surface area contributed by atoms with Crippen molar-refractivity contribution in [1.29, 1.82) is 0 Å². The molecule has 0 bridgehead atoms. The van der Waals surface area contributed by atoms with E-state index >= 15 is 0 Å². The van der Waals surface area contributed by atoms with E-state index in [-0.39, 0.29) is 0 Å². The molecule has 7 heteroatoms. The van der Waals surface area contributed by atoms with Gasteiger partial charge in [-0.1, -0.05) is 12.1 Å². The van der Waals surface area contributed by atoms with Gasteiger partial charge in [0.05, 0.1) is 6.61 Å². The van der Waals surface area contributed by atoms with E-state index in [1.165, 1.54) is 0 Å². The van der Waals surface area contributed by atoms with Gasteiger partial charge in [-0.15, -0.1) is 0 Å². The summed E-state index contributed by atoms with van der Waals surface area (Å²) >= 11 is 4.93. The van der Waals surface area contributed by atoms with E-state index in [0.29, 0.717) is 18.3 Å². The molecule has 0 radical (unpaired) electrons. The summed E-state index contributed by atoms with van der Waals surface area (Å²) in [5, 5.41) is 6.38. The van der Waals surface area contributed by atoms with Crippen molar-refractivity contribution in [2.45, 2.75) is 0 Å². The van der Waals surface area contributed by atoms with Crippen LogP contribution in [0.25, 0.3) is 0 Å². The summed E-state index contributed by atoms with van der Waals surface area (Å²) in [5.74, 6) is 1.47. The highest BCUT2D eigenvalue weighted by atomic mass is 32.1. The third-order valence-corrected chi connectivity index (χ3v) is 3.44. The second kappa shape index (κ2) is 6.00. The molecular weight excluding hydrogens is 259 g/mol. The van der Waals surface area contributed by atoms with Gasteiger partial charge in [-0.05, 0) is 24.4 Å². The molecule has 1 heterocycles. The van der Waals surface area contributed by atoms with Crippen LogP contribution in [0.5, 0.6) is 11.5 Å². The normalized spacial score (nSPS) is 13.5. The number of nitrogens with one attached hydrogen (secondary N) is 2. The molecule has 1 aromatic rings. The molecule has 1 aliphatic rings. The Morgan fingerprint density at radius 2 is 2.00 bits per heavy atom. The third-order valence-electron chi connectivity index (χ3n) is 2.01. The van der Waals surface area contributed by atoms with Gasteiger partial charge in [-0.2, -0.15) is 0 Å². The van der Waals surface area contributed by atoms with Gasteiger partial charge in [-0.25, -0.2) is 0 Å². The first-order valence-corrected chi connectivity index (χ1v) is 6.63. The zero-order valence-corrected chi connectivity index (χ0v) is 11.0. The molecule has 0 spiro atoms. The second-order valence-electron chi connectivity index (χ2n) is 3.19. The summed E-state index contributed by atoms with van der Waals surface area (Å²) in [4.78, 5) is 0. The van der Waals surface area contributed by atoms with Crippen LogP contribution in [-0.4, -0.2) is 25.3 Å². The van der Waals surface area contributed by atoms with Crippen molar-refractivity contribution in [3.63, 3.8) is 0 Å². The molecule has 0 fully saturated rings. The summed E-state index contributed by atoms with van der Waals surface area (Å²) in [6.07, 6.45) is 0. The highest BCUT2D eigenvalue weighted by Gasteiger charge is 2.27. The average molecular weight is 272 g/mol. The monoisotopic (exact) mass is 272 g/mol. The molecule has 0 atom stereocenters. The summed E-state index contributed by atoms with van der Waals surface area (Å²) in [6, 6.07) is 7.51. The lowest BCUT2D eigenvalue weighted by atomic mass is 10.3. The molecule has 0 aromatic heterocycles. The first kappa shape index (κ1) is 12.4. The van der Waals surface area contributed by atoms with Crippen molar-refractivity contribution >= 4 is 25.9 Å². The van der Waals surface area contributed by atoms with Crippen molar-refractivity contribution in [2.75, 3.05) is 20.2 Å². The molecule has 0 saturated carbocycles. The molecule has 2 rings (SSSR count). The number of hydrogen-bond donors (Lipinski definition) is 2. The van der Waals surface area contributed by atoms with Gasteiger partial charge in [0.2, 0.25) is 0 Å². The molecule has 2 N–H and O–H groups in total. The molecule has 0 saturated heterocycles. The minimum Gasteiger partial charge on any atom is -0.414 e. The van der Waals surface area contributed by atoms with Crippen molar-refractivity contribution < 1.29 is 13.6 Å². The summed E-state index contributed by atoms with van der Waals surface area (Å²) in [7, 11) is 0.453. The SMILES string of the molecule is CNC(=S)NCCOP1Oc2ccccc2O1. The maximum Gasteiger partial charge on any atom is 0.463 e. The second-order valence-corrected chi connectivity index (χ2v) is 4.67. The van der Waals surface area contributed by atoms with E-state index in [0.717, 1.165) is 11.5 Å². The van der Waals surface area contributed by atoms with Gasteiger partial charge in [0.1, 0.15) is 0 Å². The first-order chi connectivity index (χ1) is 8.29. The summed E-state index contributed by atoms with van der Waals surface area (Å²) in [5.41, 5.74) is 0. The molecule has 5 nitrogen and oxygen atoms in total. The number of rotatable bonds is 4. The zero-order chi connectivity index (χ0) is 12.1. The molecule has 17 heavy (non-hydrogen) atoms. The Morgan fingerprint density at radius 3 is 2.59 bits per heavy atom. The van der Waals surface area contributed by atoms with E-state index < -0.39 is 8.60 Å². The van der Waals surface area contributed by atoms with Gasteiger partial charge in [-0.3, -0.25) is 4.52 Å². The van der Waals surface area contributed by atoms with Crippen LogP contribution in [0, 0.1) is 0 Å². The topological polar surface area (TPSA) is 51.8 Å². The Morgan fingerprint density at radius 1 is 1.35 bits per heavy atom. The fourth-order valence-electron chi connectivity index (χ4n) is 1.21. The Bertz CT molecular complexity index is 380. The Labute approximate surface area is 106 Å². The van der Waals surface area contributed by atoms with Crippen LogP contribution in [0.15, 0.2) is 24.3 Å². The van der Waals surface area contributed by atoms with Gasteiger partial charge >= 0.3 is 8.60 Å². The summed E-state index contributed by atoms with van der Waals surface area (Å²) < 4.78 is 16.4. The standard InChI is InChI=1S/C10H13N2O3PS/c1-11-10(17)12-6-7-13-16-14-8-4-2-3-5-9(8)15-16/h2-5H,6-7H2,1H3,(H2,11,12,17). The molecule has 1 aromatic carbocycles. The smallest absolute Gasteiger partial charge is 0.414 e. The van der Waals surface area contributed by atoms with Crippen LogP contribution < -0.4 is 19.7 Å². The highest BCUT2D eigenvalue weighted by molar-refractivity contribution is 7.80. The van der Waals surface area contributed by atoms with Crippen LogP contribution >= 0.6 is 20.8 Å². The number of benzene rings is 1. The zero-order valence-electron chi connectivity index (χ0n) is 9.30. The Kier molecular flexibility index (Phi) is 4.36. The van der Waals surface area contributed by atoms with E-state index in [1.54, 1.807) is 7.05 Å². The summed E-state index contributed by atoms with van der Waals surface area (Å²) in [6.45, 7) is 1.09.